The van der Waals surface area contributed by atoms with E-state index in [0.717, 1.165) is 16.7 Å². The zero-order valence-electron chi connectivity index (χ0n) is 22.5. The van der Waals surface area contributed by atoms with Gasteiger partial charge in [0.2, 0.25) is 23.0 Å². The van der Waals surface area contributed by atoms with Crippen molar-refractivity contribution >= 4 is 23.2 Å². The van der Waals surface area contributed by atoms with Crippen LogP contribution in [-0.4, -0.2) is 49.9 Å². The van der Waals surface area contributed by atoms with Crippen molar-refractivity contribution in [1.29, 1.82) is 0 Å². The third kappa shape index (κ3) is 6.14. The summed E-state index contributed by atoms with van der Waals surface area (Å²) >= 11 is 0. The van der Waals surface area contributed by atoms with Gasteiger partial charge in [-0.05, 0) is 54.2 Å². The number of H-pyrrole nitrogens is 1. The van der Waals surface area contributed by atoms with E-state index in [2.05, 4.69) is 26.1 Å². The molecule has 4 rings (SSSR count). The van der Waals surface area contributed by atoms with E-state index in [0.29, 0.717) is 60.0 Å². The first kappa shape index (κ1) is 27.5. The van der Waals surface area contributed by atoms with Gasteiger partial charge in [0.1, 0.15) is 0 Å². The lowest BCUT2D eigenvalue weighted by Gasteiger charge is -2.19. The van der Waals surface area contributed by atoms with E-state index in [1.165, 1.54) is 13.1 Å². The summed E-state index contributed by atoms with van der Waals surface area (Å²) in [6.45, 7) is 1.88. The summed E-state index contributed by atoms with van der Waals surface area (Å²) in [5, 5.41) is 15.4. The number of aryl methyl sites for hydroxylation is 1. The molecule has 2 amide bonds. The second-order valence-corrected chi connectivity index (χ2v) is 9.16. The number of aromatic nitrogens is 2. The summed E-state index contributed by atoms with van der Waals surface area (Å²) in [7, 11) is 4.67. The molecule has 3 aromatic rings. The Morgan fingerprint density at radius 1 is 1.10 bits per heavy atom. The lowest BCUT2D eigenvalue weighted by Crippen LogP contribution is -2.26. The number of nitrogens with zero attached hydrogens (tertiary/aromatic N) is 1. The zero-order valence-corrected chi connectivity index (χ0v) is 22.5. The highest BCUT2D eigenvalue weighted by atomic mass is 16.5. The molecule has 1 unspecified atom stereocenters. The summed E-state index contributed by atoms with van der Waals surface area (Å²) in [6.07, 6.45) is 5.12. The van der Waals surface area contributed by atoms with Crippen LogP contribution in [0, 0.1) is 0 Å². The fourth-order valence-electron chi connectivity index (χ4n) is 4.87. The quantitative estimate of drug-likeness (QED) is 0.289. The molecule has 0 saturated carbocycles. The van der Waals surface area contributed by atoms with Crippen LogP contribution in [0.15, 0.2) is 41.5 Å². The molecule has 0 radical (unpaired) electrons. The van der Waals surface area contributed by atoms with Crippen molar-refractivity contribution < 1.29 is 23.8 Å². The van der Waals surface area contributed by atoms with E-state index < -0.39 is 0 Å². The number of amides is 2. The molecule has 0 saturated heterocycles. The average molecular weight is 536 g/mol. The molecule has 11 heteroatoms. The number of carbonyl (C=O) groups is 2. The number of fused-ring (bicyclic) bond motifs is 3. The Balaban J connectivity index is 1.67. The second-order valence-electron chi connectivity index (χ2n) is 9.16. The first-order valence-corrected chi connectivity index (χ1v) is 12.7. The summed E-state index contributed by atoms with van der Waals surface area (Å²) in [5.41, 5.74) is 3.95. The van der Waals surface area contributed by atoms with Crippen molar-refractivity contribution in [3.8, 4) is 28.4 Å². The molecule has 1 aliphatic carbocycles. The first-order valence-electron chi connectivity index (χ1n) is 12.7. The Morgan fingerprint density at radius 2 is 1.90 bits per heavy atom. The van der Waals surface area contributed by atoms with E-state index in [1.54, 1.807) is 39.7 Å². The van der Waals surface area contributed by atoms with Crippen molar-refractivity contribution in [3.63, 3.8) is 0 Å². The normalized spacial score (nSPS) is 13.8. The minimum Gasteiger partial charge on any atom is -0.493 e. The van der Waals surface area contributed by atoms with Gasteiger partial charge in [0.15, 0.2) is 11.5 Å². The second kappa shape index (κ2) is 12.3. The van der Waals surface area contributed by atoms with Crippen LogP contribution in [0.1, 0.15) is 43.4 Å². The van der Waals surface area contributed by atoms with Crippen LogP contribution in [0.5, 0.6) is 17.2 Å². The summed E-state index contributed by atoms with van der Waals surface area (Å²) < 4.78 is 17.0. The molecule has 0 fully saturated rings. The minimum absolute atomic E-state index is 0.142. The number of aromatic amines is 1. The van der Waals surface area contributed by atoms with Crippen LogP contribution in [0.3, 0.4) is 0 Å². The number of nitrogens with one attached hydrogen (secondary N) is 4. The van der Waals surface area contributed by atoms with Crippen LogP contribution in [0.2, 0.25) is 0 Å². The molecule has 1 atom stereocenters. The standard InChI is InChI=1S/C28H33N5O6/c1-16(34)32-21-9-7-17-12-24(37-2)27(38-3)28(39-4)26(17)19-8-10-22(23(35)13-20(19)21)29-11-5-6-25(36)33-18-14-30-31-15-18/h8,10,12-15,21H,5-7,9,11H2,1-4H3,(H,29,35)(H,30,31)(H,32,34)(H,33,36). The topological polar surface area (TPSA) is 144 Å². The maximum absolute atomic E-state index is 13.3. The Kier molecular flexibility index (Phi) is 8.70. The molecule has 0 bridgehead atoms. The molecule has 11 nitrogen and oxygen atoms in total. The number of anilines is 2. The SMILES string of the molecule is COc1cc2c(c(OC)c1OC)-c1ccc(NCCCC(=O)Nc3cn[nH]c3)c(=O)cc1C(NC(C)=O)CC2. The first-order chi connectivity index (χ1) is 18.9. The predicted octanol–water partition coefficient (Wildman–Crippen LogP) is 3.42. The largest absolute Gasteiger partial charge is 0.493 e. The van der Waals surface area contributed by atoms with Crippen LogP contribution in [0.25, 0.3) is 11.1 Å². The van der Waals surface area contributed by atoms with Gasteiger partial charge in [-0.2, -0.15) is 5.10 Å². The summed E-state index contributed by atoms with van der Waals surface area (Å²) in [4.78, 5) is 37.5. The van der Waals surface area contributed by atoms with Gasteiger partial charge >= 0.3 is 0 Å². The molecular weight excluding hydrogens is 502 g/mol. The molecule has 1 heterocycles. The lowest BCUT2D eigenvalue weighted by molar-refractivity contribution is -0.119. The van der Waals surface area contributed by atoms with Gasteiger partial charge in [0.05, 0.1) is 44.9 Å². The zero-order chi connectivity index (χ0) is 27.9. The number of rotatable bonds is 10. The number of ether oxygens (including phenoxy) is 3. The molecule has 39 heavy (non-hydrogen) atoms. The Labute approximate surface area is 226 Å². The number of methoxy groups -OCH3 is 3. The Morgan fingerprint density at radius 3 is 2.56 bits per heavy atom. The number of hydrogen-bond donors (Lipinski definition) is 4. The molecule has 1 aliphatic rings. The third-order valence-corrected chi connectivity index (χ3v) is 6.59. The summed E-state index contributed by atoms with van der Waals surface area (Å²) in [5.74, 6) is 1.15. The van der Waals surface area contributed by atoms with Gasteiger partial charge < -0.3 is 30.2 Å². The smallest absolute Gasteiger partial charge is 0.224 e. The highest BCUT2D eigenvalue weighted by molar-refractivity contribution is 5.90. The molecule has 206 valence electrons. The van der Waals surface area contributed by atoms with E-state index in [1.807, 2.05) is 12.1 Å². The molecule has 4 N–H and O–H groups in total. The third-order valence-electron chi connectivity index (χ3n) is 6.59. The van der Waals surface area contributed by atoms with Crippen molar-refractivity contribution in [3.05, 3.63) is 58.0 Å². The molecule has 0 aliphatic heterocycles. The van der Waals surface area contributed by atoms with Crippen LogP contribution < -0.4 is 35.6 Å². The fraction of sp³-hybridized carbons (Fsp3) is 0.357. The monoisotopic (exact) mass is 535 g/mol. The number of hydrogen-bond acceptors (Lipinski definition) is 8. The number of benzene rings is 1. The molecular formula is C28H33N5O6. The van der Waals surface area contributed by atoms with Gasteiger partial charge in [-0.1, -0.05) is 6.07 Å². The van der Waals surface area contributed by atoms with Crippen LogP contribution in [-0.2, 0) is 16.0 Å². The van der Waals surface area contributed by atoms with Gasteiger partial charge in [0, 0.05) is 31.6 Å². The van der Waals surface area contributed by atoms with E-state index in [-0.39, 0.29) is 29.7 Å². The van der Waals surface area contributed by atoms with E-state index in [9.17, 15) is 14.4 Å². The number of carbonyl (C=O) groups excluding carboxylic acids is 2. The van der Waals surface area contributed by atoms with E-state index in [4.69, 9.17) is 14.2 Å². The maximum atomic E-state index is 13.3. The van der Waals surface area contributed by atoms with Gasteiger partial charge in [-0.25, -0.2) is 0 Å². The maximum Gasteiger partial charge on any atom is 0.224 e. The fourth-order valence-corrected chi connectivity index (χ4v) is 4.87. The van der Waals surface area contributed by atoms with Crippen molar-refractivity contribution in [2.45, 2.75) is 38.6 Å². The van der Waals surface area contributed by atoms with Gasteiger partial charge in [0.25, 0.3) is 0 Å². The van der Waals surface area contributed by atoms with Gasteiger partial charge in [-0.15, -0.1) is 0 Å². The Bertz CT molecular complexity index is 1410. The highest BCUT2D eigenvalue weighted by Gasteiger charge is 2.29. The van der Waals surface area contributed by atoms with Crippen LogP contribution >= 0.6 is 0 Å². The van der Waals surface area contributed by atoms with Gasteiger partial charge in [-0.3, -0.25) is 19.5 Å². The minimum atomic E-state index is -0.383. The van der Waals surface area contributed by atoms with Crippen LogP contribution in [0.4, 0.5) is 11.4 Å². The van der Waals surface area contributed by atoms with Crippen molar-refractivity contribution in [1.82, 2.24) is 15.5 Å². The van der Waals surface area contributed by atoms with E-state index >= 15 is 0 Å². The summed E-state index contributed by atoms with van der Waals surface area (Å²) in [6, 6.07) is 6.68. The van der Waals surface area contributed by atoms with Crippen molar-refractivity contribution in [2.24, 2.45) is 0 Å². The molecule has 0 spiro atoms. The Hall–Kier alpha value is -4.54. The molecule has 2 aromatic carbocycles. The lowest BCUT2D eigenvalue weighted by atomic mass is 9.95. The average Bonchev–Trinajstić information content (AvgIpc) is 3.32. The molecule has 1 aromatic heterocycles. The highest BCUT2D eigenvalue weighted by Crippen LogP contribution is 2.50. The van der Waals surface area contributed by atoms with Crippen molar-refractivity contribution in [2.75, 3.05) is 38.5 Å². The predicted molar refractivity (Wildman–Crippen MR) is 148 cm³/mol.